The quantitative estimate of drug-likeness (QED) is 0.405. The number of rotatable bonds is 0. The fourth-order valence-corrected chi connectivity index (χ4v) is 2.07. The zero-order chi connectivity index (χ0) is 5.56. The van der Waals surface area contributed by atoms with Crippen molar-refractivity contribution in [3.05, 3.63) is 11.0 Å². The summed E-state index contributed by atoms with van der Waals surface area (Å²) in [6.07, 6.45) is 5.80. The SMILES string of the molecule is BC1=C2CCC(C1)C2. The molecule has 0 heterocycles. The van der Waals surface area contributed by atoms with E-state index < -0.39 is 0 Å². The average molecular weight is 106 g/mol. The van der Waals surface area contributed by atoms with Crippen LogP contribution in [0.1, 0.15) is 25.7 Å². The van der Waals surface area contributed by atoms with Crippen LogP contribution in [0.2, 0.25) is 0 Å². The Kier molecular flexibility index (Phi) is 0.815. The maximum absolute atomic E-state index is 2.30. The molecule has 0 aromatic rings. The van der Waals surface area contributed by atoms with Crippen LogP contribution in [0.5, 0.6) is 0 Å². The summed E-state index contributed by atoms with van der Waals surface area (Å²) in [6.45, 7) is 0. The largest absolute Gasteiger partial charge is 0.133 e. The summed E-state index contributed by atoms with van der Waals surface area (Å²) in [7, 11) is 2.30. The highest BCUT2D eigenvalue weighted by atomic mass is 14.3. The molecule has 1 heteroatoms. The third kappa shape index (κ3) is 0.475. The molecular weight excluding hydrogens is 94.9 g/mol. The van der Waals surface area contributed by atoms with E-state index in [2.05, 4.69) is 7.85 Å². The first-order valence-corrected chi connectivity index (χ1v) is 3.54. The molecule has 42 valence electrons. The Morgan fingerprint density at radius 1 is 1.38 bits per heavy atom. The lowest BCUT2D eigenvalue weighted by atomic mass is 9.86. The molecule has 1 unspecified atom stereocenters. The van der Waals surface area contributed by atoms with Crippen LogP contribution in [-0.2, 0) is 0 Å². The molecule has 1 fully saturated rings. The normalized spacial score (nSPS) is 34.8. The van der Waals surface area contributed by atoms with E-state index in [-0.39, 0.29) is 0 Å². The fraction of sp³-hybridized carbons (Fsp3) is 0.714. The van der Waals surface area contributed by atoms with Crippen LogP contribution >= 0.6 is 0 Å². The molecule has 1 saturated carbocycles. The second-order valence-electron chi connectivity index (χ2n) is 3.20. The first-order valence-electron chi connectivity index (χ1n) is 3.54. The van der Waals surface area contributed by atoms with Gasteiger partial charge in [0, 0.05) is 0 Å². The molecule has 0 spiro atoms. The minimum Gasteiger partial charge on any atom is -0.110 e. The van der Waals surface area contributed by atoms with Gasteiger partial charge in [-0.15, -0.1) is 5.47 Å². The molecule has 1 atom stereocenters. The van der Waals surface area contributed by atoms with Gasteiger partial charge in [0.1, 0.15) is 7.85 Å². The van der Waals surface area contributed by atoms with Crippen molar-refractivity contribution < 1.29 is 0 Å². The van der Waals surface area contributed by atoms with Crippen LogP contribution in [0.25, 0.3) is 0 Å². The highest BCUT2D eigenvalue weighted by Crippen LogP contribution is 2.42. The van der Waals surface area contributed by atoms with Crippen molar-refractivity contribution in [2.45, 2.75) is 25.7 Å². The maximum atomic E-state index is 2.30. The average Bonchev–Trinajstić information content (AvgIpc) is 2.23. The second kappa shape index (κ2) is 1.40. The molecule has 0 amide bonds. The summed E-state index contributed by atoms with van der Waals surface area (Å²) in [6, 6.07) is 0. The van der Waals surface area contributed by atoms with Gasteiger partial charge in [-0.1, -0.05) is 5.57 Å². The Morgan fingerprint density at radius 3 is 2.50 bits per heavy atom. The van der Waals surface area contributed by atoms with Crippen LogP contribution < -0.4 is 0 Å². The summed E-state index contributed by atoms with van der Waals surface area (Å²) in [5.74, 6) is 1.07. The molecule has 2 aliphatic rings. The van der Waals surface area contributed by atoms with Crippen molar-refractivity contribution in [3.63, 3.8) is 0 Å². The van der Waals surface area contributed by atoms with Gasteiger partial charge in [-0.25, -0.2) is 0 Å². The maximum Gasteiger partial charge on any atom is 0.133 e. The van der Waals surface area contributed by atoms with Gasteiger partial charge in [-0.05, 0) is 31.6 Å². The topological polar surface area (TPSA) is 0 Å². The molecule has 0 aliphatic heterocycles. The van der Waals surface area contributed by atoms with Gasteiger partial charge in [0.2, 0.25) is 0 Å². The van der Waals surface area contributed by atoms with Crippen molar-refractivity contribution in [3.8, 4) is 0 Å². The van der Waals surface area contributed by atoms with Gasteiger partial charge in [0.25, 0.3) is 0 Å². The molecule has 8 heavy (non-hydrogen) atoms. The number of hydrogen-bond acceptors (Lipinski definition) is 0. The molecule has 2 rings (SSSR count). The minimum absolute atomic E-state index is 1.07. The third-order valence-corrected chi connectivity index (χ3v) is 2.59. The minimum atomic E-state index is 1.07. The Labute approximate surface area is 51.4 Å². The fourth-order valence-electron chi connectivity index (χ4n) is 2.07. The van der Waals surface area contributed by atoms with Crippen molar-refractivity contribution in [1.29, 1.82) is 0 Å². The zero-order valence-corrected chi connectivity index (χ0v) is 5.41. The predicted octanol–water partition coefficient (Wildman–Crippen LogP) is 1.08. The van der Waals surface area contributed by atoms with Crippen LogP contribution in [0, 0.1) is 5.92 Å². The highest BCUT2D eigenvalue weighted by molar-refractivity contribution is 6.22. The molecule has 0 aromatic heterocycles. The van der Waals surface area contributed by atoms with Crippen molar-refractivity contribution in [2.75, 3.05) is 0 Å². The van der Waals surface area contributed by atoms with Gasteiger partial charge in [-0.3, -0.25) is 0 Å². The Balaban J connectivity index is 2.33. The Bertz CT molecular complexity index is 144. The number of allylic oxidation sites excluding steroid dienone is 2. The van der Waals surface area contributed by atoms with Crippen LogP contribution in [0.4, 0.5) is 0 Å². The number of hydrogen-bond donors (Lipinski definition) is 0. The van der Waals surface area contributed by atoms with Gasteiger partial charge >= 0.3 is 0 Å². The molecule has 0 saturated heterocycles. The van der Waals surface area contributed by atoms with E-state index in [0.29, 0.717) is 0 Å². The van der Waals surface area contributed by atoms with E-state index in [1.54, 1.807) is 11.0 Å². The monoisotopic (exact) mass is 106 g/mol. The molecule has 2 aliphatic carbocycles. The van der Waals surface area contributed by atoms with Crippen molar-refractivity contribution in [2.24, 2.45) is 5.92 Å². The zero-order valence-electron chi connectivity index (χ0n) is 5.41. The van der Waals surface area contributed by atoms with E-state index in [1.165, 1.54) is 25.7 Å². The van der Waals surface area contributed by atoms with E-state index in [4.69, 9.17) is 0 Å². The van der Waals surface area contributed by atoms with Crippen LogP contribution in [-0.4, -0.2) is 7.85 Å². The molecule has 0 N–H and O–H groups in total. The molecule has 0 radical (unpaired) electrons. The smallest absolute Gasteiger partial charge is 0.110 e. The summed E-state index contributed by atoms with van der Waals surface area (Å²) >= 11 is 0. The lowest BCUT2D eigenvalue weighted by Gasteiger charge is -2.05. The summed E-state index contributed by atoms with van der Waals surface area (Å²) in [5, 5.41) is 0. The van der Waals surface area contributed by atoms with Gasteiger partial charge in [0.15, 0.2) is 0 Å². The summed E-state index contributed by atoms with van der Waals surface area (Å²) in [5.41, 5.74) is 3.50. The molecular formula is C7H11B. The highest BCUT2D eigenvalue weighted by Gasteiger charge is 2.26. The van der Waals surface area contributed by atoms with Gasteiger partial charge in [0.05, 0.1) is 0 Å². The predicted molar refractivity (Wildman–Crippen MR) is 37.5 cm³/mol. The van der Waals surface area contributed by atoms with Crippen LogP contribution in [0.3, 0.4) is 0 Å². The third-order valence-electron chi connectivity index (χ3n) is 2.59. The summed E-state index contributed by atoms with van der Waals surface area (Å²) < 4.78 is 0. The van der Waals surface area contributed by atoms with Crippen molar-refractivity contribution >= 4 is 7.85 Å². The molecule has 0 aromatic carbocycles. The molecule has 2 bridgehead atoms. The van der Waals surface area contributed by atoms with Crippen LogP contribution in [0.15, 0.2) is 11.0 Å². The standard InChI is InChI=1S/C7H11B/c8-7-4-5-1-2-6(7)3-5/h5H,1-4,8H2. The summed E-state index contributed by atoms with van der Waals surface area (Å²) in [4.78, 5) is 0. The Hall–Kier alpha value is -0.195. The van der Waals surface area contributed by atoms with Crippen molar-refractivity contribution in [1.82, 2.24) is 0 Å². The number of fused-ring (bicyclic) bond motifs is 2. The van der Waals surface area contributed by atoms with Gasteiger partial charge in [-0.2, -0.15) is 0 Å². The Morgan fingerprint density at radius 2 is 2.25 bits per heavy atom. The molecule has 0 nitrogen and oxygen atoms in total. The van der Waals surface area contributed by atoms with E-state index >= 15 is 0 Å². The second-order valence-corrected chi connectivity index (χ2v) is 3.20. The van der Waals surface area contributed by atoms with E-state index in [1.807, 2.05) is 0 Å². The first kappa shape index (κ1) is 4.66. The van der Waals surface area contributed by atoms with E-state index in [9.17, 15) is 0 Å². The van der Waals surface area contributed by atoms with Gasteiger partial charge < -0.3 is 0 Å². The first-order chi connectivity index (χ1) is 3.86. The lowest BCUT2D eigenvalue weighted by molar-refractivity contribution is 0.572. The van der Waals surface area contributed by atoms with E-state index in [0.717, 1.165) is 5.92 Å². The lowest BCUT2D eigenvalue weighted by Crippen LogP contribution is -1.92.